The minimum absolute atomic E-state index is 0.360. The maximum absolute atomic E-state index is 6.06. The van der Waals surface area contributed by atoms with Gasteiger partial charge in [0.25, 0.3) is 0 Å². The SMILES string of the molecule is CCOC1(c2noc(CNCCOC)n2)CCCC(C)C1. The van der Waals surface area contributed by atoms with Crippen molar-refractivity contribution in [2.75, 3.05) is 26.9 Å². The van der Waals surface area contributed by atoms with E-state index in [0.717, 1.165) is 25.8 Å². The molecule has 6 heteroatoms. The van der Waals surface area contributed by atoms with Crippen molar-refractivity contribution in [1.82, 2.24) is 15.5 Å². The molecular formula is C15H27N3O3. The first-order valence-corrected chi connectivity index (χ1v) is 7.87. The molecule has 6 nitrogen and oxygen atoms in total. The third-order valence-electron chi connectivity index (χ3n) is 4.01. The minimum Gasteiger partial charge on any atom is -0.383 e. The molecule has 2 rings (SSSR count). The summed E-state index contributed by atoms with van der Waals surface area (Å²) in [6.45, 7) is 6.95. The smallest absolute Gasteiger partial charge is 0.240 e. The van der Waals surface area contributed by atoms with Crippen LogP contribution in [0, 0.1) is 5.92 Å². The van der Waals surface area contributed by atoms with E-state index >= 15 is 0 Å². The van der Waals surface area contributed by atoms with Gasteiger partial charge in [0.1, 0.15) is 5.60 Å². The van der Waals surface area contributed by atoms with Gasteiger partial charge in [-0.05, 0) is 32.1 Å². The first kappa shape index (κ1) is 16.4. The van der Waals surface area contributed by atoms with E-state index < -0.39 is 0 Å². The number of methoxy groups -OCH3 is 1. The van der Waals surface area contributed by atoms with Gasteiger partial charge in [-0.15, -0.1) is 0 Å². The van der Waals surface area contributed by atoms with E-state index in [2.05, 4.69) is 22.4 Å². The summed E-state index contributed by atoms with van der Waals surface area (Å²) in [5.41, 5.74) is -0.360. The molecule has 2 unspecified atom stereocenters. The molecule has 0 radical (unpaired) electrons. The van der Waals surface area contributed by atoms with Gasteiger partial charge in [-0.2, -0.15) is 4.98 Å². The molecular weight excluding hydrogens is 270 g/mol. The topological polar surface area (TPSA) is 69.4 Å². The summed E-state index contributed by atoms with van der Waals surface area (Å²) in [4.78, 5) is 4.55. The average Bonchev–Trinajstić information content (AvgIpc) is 2.93. The second-order valence-corrected chi connectivity index (χ2v) is 5.81. The Hall–Kier alpha value is -0.980. The molecule has 0 amide bonds. The van der Waals surface area contributed by atoms with Crippen molar-refractivity contribution in [3.63, 3.8) is 0 Å². The molecule has 0 bridgehead atoms. The van der Waals surface area contributed by atoms with Crippen molar-refractivity contribution in [3.05, 3.63) is 11.7 Å². The molecule has 1 aromatic rings. The number of aromatic nitrogens is 2. The van der Waals surface area contributed by atoms with E-state index in [-0.39, 0.29) is 5.60 Å². The highest BCUT2D eigenvalue weighted by Gasteiger charge is 2.41. The Balaban J connectivity index is 2.02. The van der Waals surface area contributed by atoms with Crippen LogP contribution in [-0.4, -0.2) is 37.0 Å². The van der Waals surface area contributed by atoms with E-state index in [9.17, 15) is 0 Å². The summed E-state index contributed by atoms with van der Waals surface area (Å²) in [7, 11) is 1.68. The Bertz CT molecular complexity index is 420. The van der Waals surface area contributed by atoms with Crippen molar-refractivity contribution in [2.45, 2.75) is 51.7 Å². The van der Waals surface area contributed by atoms with Crippen molar-refractivity contribution in [2.24, 2.45) is 5.92 Å². The van der Waals surface area contributed by atoms with Crippen LogP contribution < -0.4 is 5.32 Å². The summed E-state index contributed by atoms with van der Waals surface area (Å²) in [5.74, 6) is 1.95. The maximum Gasteiger partial charge on any atom is 0.240 e. The van der Waals surface area contributed by atoms with Crippen molar-refractivity contribution < 1.29 is 14.0 Å². The lowest BCUT2D eigenvalue weighted by Gasteiger charge is -2.37. The van der Waals surface area contributed by atoms with Gasteiger partial charge in [-0.3, -0.25) is 0 Å². The third kappa shape index (κ3) is 4.25. The highest BCUT2D eigenvalue weighted by molar-refractivity contribution is 5.04. The predicted molar refractivity (Wildman–Crippen MR) is 78.8 cm³/mol. The molecule has 1 aromatic heterocycles. The molecule has 0 saturated heterocycles. The van der Waals surface area contributed by atoms with Crippen LogP contribution in [-0.2, 0) is 21.6 Å². The third-order valence-corrected chi connectivity index (χ3v) is 4.01. The van der Waals surface area contributed by atoms with E-state index in [1.807, 2.05) is 6.92 Å². The molecule has 0 spiro atoms. The monoisotopic (exact) mass is 297 g/mol. The zero-order valence-electron chi connectivity index (χ0n) is 13.4. The van der Waals surface area contributed by atoms with Gasteiger partial charge >= 0.3 is 0 Å². The summed E-state index contributed by atoms with van der Waals surface area (Å²) >= 11 is 0. The molecule has 0 aromatic carbocycles. The van der Waals surface area contributed by atoms with E-state index in [1.54, 1.807) is 7.11 Å². The Morgan fingerprint density at radius 2 is 2.33 bits per heavy atom. The zero-order valence-corrected chi connectivity index (χ0v) is 13.4. The lowest BCUT2D eigenvalue weighted by atomic mass is 9.78. The molecule has 21 heavy (non-hydrogen) atoms. The fourth-order valence-electron chi connectivity index (χ4n) is 3.06. The van der Waals surface area contributed by atoms with Crippen LogP contribution in [0.4, 0.5) is 0 Å². The lowest BCUT2D eigenvalue weighted by molar-refractivity contribution is -0.0891. The highest BCUT2D eigenvalue weighted by atomic mass is 16.5. The molecule has 120 valence electrons. The Kier molecular flexibility index (Phi) is 6.14. The van der Waals surface area contributed by atoms with E-state index in [1.165, 1.54) is 6.42 Å². The number of hydrogen-bond donors (Lipinski definition) is 1. The number of ether oxygens (including phenoxy) is 2. The standard InChI is InChI=1S/C15H27N3O3/c1-4-20-15(7-5-6-12(2)10-15)14-17-13(21-18-14)11-16-8-9-19-3/h12,16H,4-11H2,1-3H3. The van der Waals surface area contributed by atoms with E-state index in [4.69, 9.17) is 14.0 Å². The zero-order chi connectivity index (χ0) is 15.1. The van der Waals surface area contributed by atoms with Gasteiger partial charge in [0.15, 0.2) is 0 Å². The minimum atomic E-state index is -0.360. The second-order valence-electron chi connectivity index (χ2n) is 5.81. The molecule has 1 fully saturated rings. The number of nitrogens with zero attached hydrogens (tertiary/aromatic N) is 2. The van der Waals surface area contributed by atoms with Crippen LogP contribution >= 0.6 is 0 Å². The fraction of sp³-hybridized carbons (Fsp3) is 0.867. The number of hydrogen-bond acceptors (Lipinski definition) is 6. The molecule has 1 aliphatic carbocycles. The van der Waals surface area contributed by atoms with E-state index in [0.29, 0.717) is 37.4 Å². The normalized spacial score (nSPS) is 26.1. The lowest BCUT2D eigenvalue weighted by Crippen LogP contribution is -2.36. The molecule has 2 atom stereocenters. The number of rotatable bonds is 8. The quantitative estimate of drug-likeness (QED) is 0.742. The first-order chi connectivity index (χ1) is 10.2. The van der Waals surface area contributed by atoms with Gasteiger partial charge in [0.2, 0.25) is 11.7 Å². The van der Waals surface area contributed by atoms with Crippen LogP contribution in [0.5, 0.6) is 0 Å². The predicted octanol–water partition coefficient (Wildman–Crippen LogP) is 2.25. The first-order valence-electron chi connectivity index (χ1n) is 7.87. The van der Waals surface area contributed by atoms with Gasteiger partial charge in [-0.1, -0.05) is 18.5 Å². The fourth-order valence-corrected chi connectivity index (χ4v) is 3.06. The molecule has 1 saturated carbocycles. The Morgan fingerprint density at radius 1 is 1.48 bits per heavy atom. The summed E-state index contributed by atoms with van der Waals surface area (Å²) < 4.78 is 16.4. The van der Waals surface area contributed by atoms with Crippen LogP contribution in [0.2, 0.25) is 0 Å². The molecule has 1 N–H and O–H groups in total. The van der Waals surface area contributed by atoms with Crippen molar-refractivity contribution in [3.8, 4) is 0 Å². The van der Waals surface area contributed by atoms with Gasteiger partial charge in [-0.25, -0.2) is 0 Å². The molecule has 1 aliphatic rings. The van der Waals surface area contributed by atoms with Gasteiger partial charge < -0.3 is 19.3 Å². The molecule has 1 heterocycles. The van der Waals surface area contributed by atoms with Crippen LogP contribution in [0.1, 0.15) is 51.2 Å². The highest BCUT2D eigenvalue weighted by Crippen LogP contribution is 2.41. The van der Waals surface area contributed by atoms with Crippen LogP contribution in [0.3, 0.4) is 0 Å². The number of nitrogens with one attached hydrogen (secondary N) is 1. The van der Waals surface area contributed by atoms with Gasteiger partial charge in [0.05, 0.1) is 13.2 Å². The van der Waals surface area contributed by atoms with Crippen LogP contribution in [0.15, 0.2) is 4.52 Å². The summed E-state index contributed by atoms with van der Waals surface area (Å²) in [5, 5.41) is 7.39. The average molecular weight is 297 g/mol. The van der Waals surface area contributed by atoms with Gasteiger partial charge in [0, 0.05) is 20.3 Å². The van der Waals surface area contributed by atoms with Crippen molar-refractivity contribution >= 4 is 0 Å². The molecule has 0 aliphatic heterocycles. The Morgan fingerprint density at radius 3 is 3.05 bits per heavy atom. The maximum atomic E-state index is 6.06. The van der Waals surface area contributed by atoms with Crippen LogP contribution in [0.25, 0.3) is 0 Å². The Labute approximate surface area is 126 Å². The van der Waals surface area contributed by atoms with Crippen molar-refractivity contribution in [1.29, 1.82) is 0 Å². The summed E-state index contributed by atoms with van der Waals surface area (Å²) in [6.07, 6.45) is 4.34. The largest absolute Gasteiger partial charge is 0.383 e. The summed E-state index contributed by atoms with van der Waals surface area (Å²) in [6, 6.07) is 0. The second kappa shape index (κ2) is 7.87.